The maximum atomic E-state index is 11.7. The van der Waals surface area contributed by atoms with Crippen LogP contribution in [-0.4, -0.2) is 56.4 Å². The van der Waals surface area contributed by atoms with Crippen molar-refractivity contribution in [2.45, 2.75) is 37.8 Å². The van der Waals surface area contributed by atoms with Gasteiger partial charge in [0.05, 0.1) is 6.10 Å². The van der Waals surface area contributed by atoms with Crippen LogP contribution in [0.25, 0.3) is 0 Å². The van der Waals surface area contributed by atoms with Crippen molar-refractivity contribution in [1.82, 2.24) is 15.5 Å². The molecule has 0 aromatic heterocycles. The monoisotopic (exact) mass is 241 g/mol. The van der Waals surface area contributed by atoms with Gasteiger partial charge in [-0.2, -0.15) is 0 Å². The normalized spacial score (nSPS) is 27.0. The van der Waals surface area contributed by atoms with E-state index in [2.05, 4.69) is 22.6 Å². The SMILES string of the molecule is CN1CCC(NC(=O)NCC2CCCO2)CC1. The number of urea groups is 1. The summed E-state index contributed by atoms with van der Waals surface area (Å²) in [4.78, 5) is 14.0. The molecule has 0 aromatic rings. The first-order chi connectivity index (χ1) is 8.24. The molecular formula is C12H23N3O2. The number of piperidine rings is 1. The van der Waals surface area contributed by atoms with Crippen LogP contribution in [0.2, 0.25) is 0 Å². The number of nitrogens with one attached hydrogen (secondary N) is 2. The Morgan fingerprint density at radius 1 is 1.35 bits per heavy atom. The van der Waals surface area contributed by atoms with Crippen LogP contribution in [0.5, 0.6) is 0 Å². The number of carbonyl (C=O) groups excluding carboxylic acids is 1. The second kappa shape index (κ2) is 6.21. The van der Waals surface area contributed by atoms with E-state index in [1.54, 1.807) is 0 Å². The molecule has 2 aliphatic heterocycles. The zero-order valence-corrected chi connectivity index (χ0v) is 10.6. The summed E-state index contributed by atoms with van der Waals surface area (Å²) >= 11 is 0. The highest BCUT2D eigenvalue weighted by molar-refractivity contribution is 5.74. The largest absolute Gasteiger partial charge is 0.376 e. The lowest BCUT2D eigenvalue weighted by Gasteiger charge is -2.29. The number of nitrogens with zero attached hydrogens (tertiary/aromatic N) is 1. The van der Waals surface area contributed by atoms with Crippen molar-refractivity contribution in [1.29, 1.82) is 0 Å². The number of rotatable bonds is 3. The minimum absolute atomic E-state index is 0.0462. The molecule has 5 nitrogen and oxygen atoms in total. The lowest BCUT2D eigenvalue weighted by Crippen LogP contribution is -2.48. The van der Waals surface area contributed by atoms with Gasteiger partial charge in [-0.25, -0.2) is 4.79 Å². The molecule has 2 rings (SSSR count). The van der Waals surface area contributed by atoms with E-state index in [0.29, 0.717) is 12.6 Å². The first-order valence-corrected chi connectivity index (χ1v) is 6.58. The quantitative estimate of drug-likeness (QED) is 0.759. The van der Waals surface area contributed by atoms with E-state index in [1.807, 2.05) is 0 Å². The maximum absolute atomic E-state index is 11.7. The summed E-state index contributed by atoms with van der Waals surface area (Å²) in [6.07, 6.45) is 4.49. The molecule has 2 amide bonds. The topological polar surface area (TPSA) is 53.6 Å². The Bertz CT molecular complexity index is 246. The zero-order valence-electron chi connectivity index (χ0n) is 10.6. The fraction of sp³-hybridized carbons (Fsp3) is 0.917. The predicted octanol–water partition coefficient (Wildman–Crippen LogP) is 0.559. The van der Waals surface area contributed by atoms with Crippen molar-refractivity contribution in [3.05, 3.63) is 0 Å². The molecule has 0 spiro atoms. The summed E-state index contributed by atoms with van der Waals surface area (Å²) in [5.41, 5.74) is 0. The van der Waals surface area contributed by atoms with Crippen molar-refractivity contribution in [3.63, 3.8) is 0 Å². The molecule has 5 heteroatoms. The molecule has 0 bridgehead atoms. The predicted molar refractivity (Wildman–Crippen MR) is 66.0 cm³/mol. The van der Waals surface area contributed by atoms with Crippen LogP contribution in [0.4, 0.5) is 4.79 Å². The molecule has 0 saturated carbocycles. The molecule has 1 unspecified atom stereocenters. The van der Waals surface area contributed by atoms with Crippen LogP contribution in [0.15, 0.2) is 0 Å². The highest BCUT2D eigenvalue weighted by Crippen LogP contribution is 2.11. The van der Waals surface area contributed by atoms with Gasteiger partial charge >= 0.3 is 6.03 Å². The molecule has 1 atom stereocenters. The summed E-state index contributed by atoms with van der Waals surface area (Å²) in [6, 6.07) is 0.283. The van der Waals surface area contributed by atoms with Gasteiger partial charge in [0.25, 0.3) is 0 Å². The second-order valence-corrected chi connectivity index (χ2v) is 5.07. The van der Waals surface area contributed by atoms with Gasteiger partial charge in [-0.05, 0) is 45.8 Å². The van der Waals surface area contributed by atoms with Crippen molar-refractivity contribution >= 4 is 6.03 Å². The molecule has 17 heavy (non-hydrogen) atoms. The Balaban J connectivity index is 1.60. The average molecular weight is 241 g/mol. The number of likely N-dealkylation sites (tertiary alicyclic amines) is 1. The highest BCUT2D eigenvalue weighted by atomic mass is 16.5. The third-order valence-electron chi connectivity index (χ3n) is 3.57. The lowest BCUT2D eigenvalue weighted by atomic mass is 10.1. The lowest BCUT2D eigenvalue weighted by molar-refractivity contribution is 0.111. The van der Waals surface area contributed by atoms with Gasteiger partial charge in [0.15, 0.2) is 0 Å². The molecule has 2 aliphatic rings. The van der Waals surface area contributed by atoms with E-state index in [0.717, 1.165) is 45.4 Å². The van der Waals surface area contributed by atoms with Crippen molar-refractivity contribution in [2.24, 2.45) is 0 Å². The van der Waals surface area contributed by atoms with Crippen LogP contribution in [0.1, 0.15) is 25.7 Å². The van der Waals surface area contributed by atoms with Gasteiger partial charge in [-0.3, -0.25) is 0 Å². The maximum Gasteiger partial charge on any atom is 0.315 e. The minimum Gasteiger partial charge on any atom is -0.376 e. The number of ether oxygens (including phenoxy) is 1. The summed E-state index contributed by atoms with van der Waals surface area (Å²) in [6.45, 7) is 3.61. The molecule has 2 N–H and O–H groups in total. The van der Waals surface area contributed by atoms with Crippen LogP contribution >= 0.6 is 0 Å². The molecule has 0 aliphatic carbocycles. The average Bonchev–Trinajstić information content (AvgIpc) is 2.83. The van der Waals surface area contributed by atoms with Gasteiger partial charge in [0.2, 0.25) is 0 Å². The van der Waals surface area contributed by atoms with Gasteiger partial charge in [0, 0.05) is 19.2 Å². The summed E-state index contributed by atoms with van der Waals surface area (Å²) in [5, 5.41) is 5.93. The van der Waals surface area contributed by atoms with Crippen LogP contribution in [0.3, 0.4) is 0 Å². The van der Waals surface area contributed by atoms with E-state index < -0.39 is 0 Å². The number of hydrogen-bond donors (Lipinski definition) is 2. The Morgan fingerprint density at radius 3 is 2.76 bits per heavy atom. The molecule has 2 saturated heterocycles. The Kier molecular flexibility index (Phi) is 4.62. The molecule has 2 heterocycles. The highest BCUT2D eigenvalue weighted by Gasteiger charge is 2.20. The molecule has 2 fully saturated rings. The third-order valence-corrected chi connectivity index (χ3v) is 3.57. The summed E-state index contributed by atoms with van der Waals surface area (Å²) in [7, 11) is 2.12. The van der Waals surface area contributed by atoms with Crippen molar-refractivity contribution in [2.75, 3.05) is 33.3 Å². The number of amides is 2. The van der Waals surface area contributed by atoms with E-state index in [-0.39, 0.29) is 12.1 Å². The molecule has 98 valence electrons. The fourth-order valence-corrected chi connectivity index (χ4v) is 2.40. The van der Waals surface area contributed by atoms with Crippen LogP contribution in [-0.2, 0) is 4.74 Å². The molecule has 0 aromatic carbocycles. The fourth-order valence-electron chi connectivity index (χ4n) is 2.40. The third kappa shape index (κ3) is 4.16. The molecular weight excluding hydrogens is 218 g/mol. The number of hydrogen-bond acceptors (Lipinski definition) is 3. The van der Waals surface area contributed by atoms with E-state index in [9.17, 15) is 4.79 Å². The van der Waals surface area contributed by atoms with Crippen LogP contribution in [0, 0.1) is 0 Å². The summed E-state index contributed by atoms with van der Waals surface area (Å²) in [5.74, 6) is 0. The van der Waals surface area contributed by atoms with E-state index in [1.165, 1.54) is 0 Å². The van der Waals surface area contributed by atoms with E-state index in [4.69, 9.17) is 4.74 Å². The first kappa shape index (κ1) is 12.6. The Hall–Kier alpha value is -0.810. The second-order valence-electron chi connectivity index (χ2n) is 5.07. The smallest absolute Gasteiger partial charge is 0.315 e. The zero-order chi connectivity index (χ0) is 12.1. The Labute approximate surface area is 103 Å². The summed E-state index contributed by atoms with van der Waals surface area (Å²) < 4.78 is 5.46. The molecule has 0 radical (unpaired) electrons. The van der Waals surface area contributed by atoms with Gasteiger partial charge in [-0.15, -0.1) is 0 Å². The van der Waals surface area contributed by atoms with Crippen molar-refractivity contribution in [3.8, 4) is 0 Å². The van der Waals surface area contributed by atoms with E-state index >= 15 is 0 Å². The number of carbonyl (C=O) groups is 1. The minimum atomic E-state index is -0.0462. The van der Waals surface area contributed by atoms with Gasteiger partial charge in [0.1, 0.15) is 0 Å². The van der Waals surface area contributed by atoms with Gasteiger partial charge < -0.3 is 20.3 Å². The standard InChI is InChI=1S/C12H23N3O2/c1-15-6-4-10(5-7-15)14-12(16)13-9-11-3-2-8-17-11/h10-11H,2-9H2,1H3,(H2,13,14,16). The Morgan fingerprint density at radius 2 is 2.12 bits per heavy atom. The first-order valence-electron chi connectivity index (χ1n) is 6.58. The van der Waals surface area contributed by atoms with Gasteiger partial charge in [-0.1, -0.05) is 0 Å². The van der Waals surface area contributed by atoms with Crippen LogP contribution < -0.4 is 10.6 Å². The van der Waals surface area contributed by atoms with Crippen molar-refractivity contribution < 1.29 is 9.53 Å².